The third-order valence-corrected chi connectivity index (χ3v) is 4.34. The lowest BCUT2D eigenvalue weighted by atomic mass is 10.0. The molecule has 0 aliphatic rings. The number of benzene rings is 1. The highest BCUT2D eigenvalue weighted by Crippen LogP contribution is 2.25. The molecule has 3 heteroatoms. The quantitative estimate of drug-likeness (QED) is 0.531. The summed E-state index contributed by atoms with van der Waals surface area (Å²) in [6.07, 6.45) is 6.62. The van der Waals surface area contributed by atoms with Gasteiger partial charge in [-0.2, -0.15) is 0 Å². The van der Waals surface area contributed by atoms with E-state index in [1.165, 1.54) is 37.7 Å². The van der Waals surface area contributed by atoms with E-state index in [-0.39, 0.29) is 0 Å². The van der Waals surface area contributed by atoms with E-state index >= 15 is 0 Å². The van der Waals surface area contributed by atoms with Crippen LogP contribution in [-0.2, 0) is 0 Å². The molecule has 0 amide bonds. The second kappa shape index (κ2) is 9.65. The maximum atomic E-state index is 6.04. The van der Waals surface area contributed by atoms with Crippen molar-refractivity contribution in [2.75, 3.05) is 6.54 Å². The van der Waals surface area contributed by atoms with Gasteiger partial charge in [0.05, 0.1) is 10.0 Å². The van der Waals surface area contributed by atoms with E-state index in [9.17, 15) is 0 Å². The number of unbranched alkanes of at least 4 members (excludes halogenated alkanes) is 3. The fourth-order valence-electron chi connectivity index (χ4n) is 2.25. The molecule has 1 N–H and O–H groups in total. The molecular formula is C17H27Cl2N. The Morgan fingerprint density at radius 1 is 0.950 bits per heavy atom. The molecule has 0 bridgehead atoms. The van der Waals surface area contributed by atoms with Crippen LogP contribution < -0.4 is 5.32 Å². The Hall–Kier alpha value is -0.240. The van der Waals surface area contributed by atoms with Gasteiger partial charge in [-0.1, -0.05) is 68.8 Å². The van der Waals surface area contributed by atoms with Gasteiger partial charge in [0.25, 0.3) is 0 Å². The lowest BCUT2D eigenvalue weighted by Gasteiger charge is -2.15. The van der Waals surface area contributed by atoms with Crippen molar-refractivity contribution in [1.29, 1.82) is 0 Å². The Kier molecular flexibility index (Phi) is 8.60. The average Bonchev–Trinajstić information content (AvgIpc) is 2.40. The molecule has 0 saturated carbocycles. The maximum Gasteiger partial charge on any atom is 0.0595 e. The van der Waals surface area contributed by atoms with Crippen LogP contribution in [0.5, 0.6) is 0 Å². The van der Waals surface area contributed by atoms with Crippen LogP contribution in [0.15, 0.2) is 18.2 Å². The molecule has 0 fully saturated rings. The lowest BCUT2D eigenvalue weighted by molar-refractivity contribution is 0.498. The van der Waals surface area contributed by atoms with Gasteiger partial charge in [-0.25, -0.2) is 0 Å². The van der Waals surface area contributed by atoms with Crippen molar-refractivity contribution in [2.45, 2.75) is 58.9 Å². The smallest absolute Gasteiger partial charge is 0.0595 e. The average molecular weight is 316 g/mol. The molecule has 20 heavy (non-hydrogen) atoms. The molecule has 1 rings (SSSR count). The number of hydrogen-bond acceptors (Lipinski definition) is 1. The zero-order valence-electron chi connectivity index (χ0n) is 12.9. The highest BCUT2D eigenvalue weighted by molar-refractivity contribution is 6.42. The lowest BCUT2D eigenvalue weighted by Crippen LogP contribution is -2.19. The Morgan fingerprint density at radius 3 is 2.30 bits per heavy atom. The van der Waals surface area contributed by atoms with Gasteiger partial charge < -0.3 is 5.32 Å². The van der Waals surface area contributed by atoms with Crippen LogP contribution in [0, 0.1) is 5.92 Å². The Labute approximate surface area is 134 Å². The summed E-state index contributed by atoms with van der Waals surface area (Å²) >= 11 is 12.0. The monoisotopic (exact) mass is 315 g/mol. The Bertz CT molecular complexity index is 391. The molecular weight excluding hydrogens is 289 g/mol. The topological polar surface area (TPSA) is 12.0 Å². The van der Waals surface area contributed by atoms with Crippen LogP contribution in [0.3, 0.4) is 0 Å². The van der Waals surface area contributed by atoms with Gasteiger partial charge in [-0.15, -0.1) is 0 Å². The second-order valence-corrected chi connectivity index (χ2v) is 6.76. The SMILES string of the molecule is CC(C)CCCCCCNC(C)c1ccc(Cl)c(Cl)c1. The van der Waals surface area contributed by atoms with Crippen LogP contribution in [0.1, 0.15) is 64.5 Å². The van der Waals surface area contributed by atoms with E-state index in [4.69, 9.17) is 23.2 Å². The third-order valence-electron chi connectivity index (χ3n) is 3.60. The summed E-state index contributed by atoms with van der Waals surface area (Å²) in [5.74, 6) is 0.836. The van der Waals surface area contributed by atoms with E-state index in [0.717, 1.165) is 12.5 Å². The first-order chi connectivity index (χ1) is 9.50. The van der Waals surface area contributed by atoms with E-state index in [1.54, 1.807) is 0 Å². The normalized spacial score (nSPS) is 12.9. The van der Waals surface area contributed by atoms with Crippen LogP contribution in [0.2, 0.25) is 10.0 Å². The highest BCUT2D eigenvalue weighted by atomic mass is 35.5. The zero-order chi connectivity index (χ0) is 15.0. The summed E-state index contributed by atoms with van der Waals surface area (Å²) in [5, 5.41) is 4.79. The molecule has 0 aliphatic heterocycles. The first kappa shape index (κ1) is 17.8. The third kappa shape index (κ3) is 6.97. The molecule has 0 aromatic heterocycles. The predicted molar refractivity (Wildman–Crippen MR) is 90.8 cm³/mol. The first-order valence-corrected chi connectivity index (χ1v) is 8.44. The van der Waals surface area contributed by atoms with E-state index in [0.29, 0.717) is 16.1 Å². The summed E-state index contributed by atoms with van der Waals surface area (Å²) in [5.41, 5.74) is 1.19. The molecule has 1 aromatic carbocycles. The first-order valence-electron chi connectivity index (χ1n) is 7.69. The standard InChI is InChI=1S/C17H27Cl2N/c1-13(2)8-6-4-5-7-11-20-14(3)15-9-10-16(18)17(19)12-15/h9-10,12-14,20H,4-8,11H2,1-3H3. The van der Waals surface area contributed by atoms with E-state index in [2.05, 4.69) is 26.1 Å². The molecule has 1 aromatic rings. The predicted octanol–water partition coefficient (Wildman–Crippen LogP) is 6.25. The largest absolute Gasteiger partial charge is 0.310 e. The maximum absolute atomic E-state index is 6.04. The molecule has 1 nitrogen and oxygen atoms in total. The van der Waals surface area contributed by atoms with Crippen molar-refractivity contribution in [3.63, 3.8) is 0 Å². The highest BCUT2D eigenvalue weighted by Gasteiger charge is 2.06. The van der Waals surface area contributed by atoms with E-state index < -0.39 is 0 Å². The summed E-state index contributed by atoms with van der Waals surface area (Å²) in [6.45, 7) is 7.81. The molecule has 0 heterocycles. The van der Waals surface area contributed by atoms with Gasteiger partial charge in [-0.05, 0) is 43.5 Å². The minimum Gasteiger partial charge on any atom is -0.310 e. The summed E-state index contributed by atoms with van der Waals surface area (Å²) < 4.78 is 0. The van der Waals surface area contributed by atoms with Crippen LogP contribution in [0.25, 0.3) is 0 Å². The summed E-state index contributed by atoms with van der Waals surface area (Å²) in [7, 11) is 0. The molecule has 0 aliphatic carbocycles. The van der Waals surface area contributed by atoms with Crippen molar-refractivity contribution in [3.05, 3.63) is 33.8 Å². The summed E-state index contributed by atoms with van der Waals surface area (Å²) in [4.78, 5) is 0. The Balaban J connectivity index is 2.16. The number of halogens is 2. The summed E-state index contributed by atoms with van der Waals surface area (Å²) in [6, 6.07) is 6.17. The van der Waals surface area contributed by atoms with Crippen LogP contribution >= 0.6 is 23.2 Å². The Morgan fingerprint density at radius 2 is 1.65 bits per heavy atom. The fraction of sp³-hybridized carbons (Fsp3) is 0.647. The van der Waals surface area contributed by atoms with Gasteiger partial charge in [0.1, 0.15) is 0 Å². The molecule has 1 atom stereocenters. The van der Waals surface area contributed by atoms with Crippen molar-refractivity contribution in [3.8, 4) is 0 Å². The number of nitrogens with one attached hydrogen (secondary N) is 1. The molecule has 114 valence electrons. The molecule has 0 spiro atoms. The number of rotatable bonds is 9. The molecule has 1 unspecified atom stereocenters. The van der Waals surface area contributed by atoms with Gasteiger partial charge >= 0.3 is 0 Å². The van der Waals surface area contributed by atoms with Crippen molar-refractivity contribution >= 4 is 23.2 Å². The van der Waals surface area contributed by atoms with Crippen molar-refractivity contribution in [2.24, 2.45) is 5.92 Å². The van der Waals surface area contributed by atoms with Gasteiger partial charge in [0, 0.05) is 6.04 Å². The molecule has 0 saturated heterocycles. The van der Waals surface area contributed by atoms with E-state index in [1.807, 2.05) is 18.2 Å². The molecule has 0 radical (unpaired) electrons. The van der Waals surface area contributed by atoms with Gasteiger partial charge in [0.2, 0.25) is 0 Å². The van der Waals surface area contributed by atoms with Crippen LogP contribution in [-0.4, -0.2) is 6.54 Å². The number of hydrogen-bond donors (Lipinski definition) is 1. The van der Waals surface area contributed by atoms with Crippen molar-refractivity contribution < 1.29 is 0 Å². The van der Waals surface area contributed by atoms with Crippen LogP contribution in [0.4, 0.5) is 0 Å². The zero-order valence-corrected chi connectivity index (χ0v) is 14.4. The van der Waals surface area contributed by atoms with Crippen molar-refractivity contribution in [1.82, 2.24) is 5.32 Å². The van der Waals surface area contributed by atoms with Gasteiger partial charge in [-0.3, -0.25) is 0 Å². The second-order valence-electron chi connectivity index (χ2n) is 5.95. The fourth-order valence-corrected chi connectivity index (χ4v) is 2.56. The van der Waals surface area contributed by atoms with Gasteiger partial charge in [0.15, 0.2) is 0 Å². The minimum atomic E-state index is 0.320. The minimum absolute atomic E-state index is 0.320.